The van der Waals surface area contributed by atoms with Gasteiger partial charge in [0.15, 0.2) is 0 Å². The zero-order valence-electron chi connectivity index (χ0n) is 13.9. The second-order valence-electron chi connectivity index (χ2n) is 5.50. The summed E-state index contributed by atoms with van der Waals surface area (Å²) < 4.78 is 0. The van der Waals surface area contributed by atoms with Crippen LogP contribution in [0.1, 0.15) is 23.1 Å². The highest BCUT2D eigenvalue weighted by Crippen LogP contribution is 2.19. The van der Waals surface area contributed by atoms with Gasteiger partial charge in [0.25, 0.3) is 0 Å². The SMILES string of the molecule is Cc1cccc(C)c1NC(=O)C(=O)N/N=C/CCc1ccccc1. The molecule has 5 nitrogen and oxygen atoms in total. The zero-order valence-corrected chi connectivity index (χ0v) is 13.9. The van der Waals surface area contributed by atoms with Gasteiger partial charge in [-0.1, -0.05) is 48.5 Å². The van der Waals surface area contributed by atoms with E-state index in [0.29, 0.717) is 12.1 Å². The van der Waals surface area contributed by atoms with Crippen molar-refractivity contribution < 1.29 is 9.59 Å². The van der Waals surface area contributed by atoms with E-state index in [2.05, 4.69) is 15.8 Å². The first kappa shape index (κ1) is 17.4. The molecule has 124 valence electrons. The highest BCUT2D eigenvalue weighted by molar-refractivity contribution is 6.39. The minimum atomic E-state index is -0.784. The van der Waals surface area contributed by atoms with Crippen LogP contribution < -0.4 is 10.7 Å². The van der Waals surface area contributed by atoms with E-state index in [-0.39, 0.29) is 0 Å². The summed E-state index contributed by atoms with van der Waals surface area (Å²) in [5, 5.41) is 6.43. The molecule has 0 saturated heterocycles. The van der Waals surface area contributed by atoms with Crippen LogP contribution in [0, 0.1) is 13.8 Å². The maximum absolute atomic E-state index is 11.9. The summed E-state index contributed by atoms with van der Waals surface area (Å²) in [6.07, 6.45) is 3.11. The molecular weight excluding hydrogens is 302 g/mol. The molecule has 0 radical (unpaired) electrons. The Balaban J connectivity index is 1.79. The summed E-state index contributed by atoms with van der Waals surface area (Å²) in [7, 11) is 0. The van der Waals surface area contributed by atoms with Crippen molar-refractivity contribution in [3.05, 3.63) is 65.2 Å². The van der Waals surface area contributed by atoms with Crippen LogP contribution in [0.3, 0.4) is 0 Å². The second kappa shape index (κ2) is 8.62. The van der Waals surface area contributed by atoms with Crippen LogP contribution >= 0.6 is 0 Å². The van der Waals surface area contributed by atoms with Crippen LogP contribution in [0.15, 0.2) is 53.6 Å². The summed E-state index contributed by atoms with van der Waals surface area (Å²) in [5.74, 6) is -1.51. The molecule has 0 aliphatic carbocycles. The lowest BCUT2D eigenvalue weighted by atomic mass is 10.1. The van der Waals surface area contributed by atoms with Gasteiger partial charge in [0.05, 0.1) is 0 Å². The minimum Gasteiger partial charge on any atom is -0.317 e. The van der Waals surface area contributed by atoms with Crippen LogP contribution in [-0.2, 0) is 16.0 Å². The van der Waals surface area contributed by atoms with Crippen LogP contribution in [0.2, 0.25) is 0 Å². The standard InChI is InChI=1S/C19H21N3O2/c1-14-8-6-9-15(2)17(14)21-18(23)19(24)22-20-13-7-12-16-10-4-3-5-11-16/h3-6,8-11,13H,7,12H2,1-2H3,(H,21,23)(H,22,24)/b20-13+. The van der Waals surface area contributed by atoms with Gasteiger partial charge in [-0.3, -0.25) is 9.59 Å². The van der Waals surface area contributed by atoms with Crippen molar-refractivity contribution in [1.29, 1.82) is 0 Å². The third-order valence-corrected chi connectivity index (χ3v) is 3.59. The van der Waals surface area contributed by atoms with E-state index in [9.17, 15) is 9.59 Å². The number of benzene rings is 2. The van der Waals surface area contributed by atoms with Gasteiger partial charge in [-0.25, -0.2) is 5.43 Å². The molecule has 24 heavy (non-hydrogen) atoms. The van der Waals surface area contributed by atoms with E-state index in [4.69, 9.17) is 0 Å². The molecule has 2 N–H and O–H groups in total. The van der Waals surface area contributed by atoms with Crippen LogP contribution in [0.25, 0.3) is 0 Å². The number of amides is 2. The number of aryl methyl sites for hydroxylation is 3. The van der Waals surface area contributed by atoms with E-state index < -0.39 is 11.8 Å². The predicted molar refractivity (Wildman–Crippen MR) is 95.9 cm³/mol. The molecule has 0 heterocycles. The van der Waals surface area contributed by atoms with E-state index >= 15 is 0 Å². The fourth-order valence-electron chi connectivity index (χ4n) is 2.28. The van der Waals surface area contributed by atoms with Crippen molar-refractivity contribution in [1.82, 2.24) is 5.43 Å². The van der Waals surface area contributed by atoms with E-state index in [1.807, 2.05) is 62.4 Å². The van der Waals surface area contributed by atoms with Gasteiger partial charge >= 0.3 is 11.8 Å². The van der Waals surface area contributed by atoms with Gasteiger partial charge in [-0.2, -0.15) is 5.10 Å². The lowest BCUT2D eigenvalue weighted by Gasteiger charge is -2.10. The lowest BCUT2D eigenvalue weighted by molar-refractivity contribution is -0.136. The number of nitrogens with one attached hydrogen (secondary N) is 2. The molecule has 0 aliphatic heterocycles. The highest BCUT2D eigenvalue weighted by atomic mass is 16.2. The Morgan fingerprint density at radius 3 is 2.29 bits per heavy atom. The third kappa shape index (κ3) is 5.05. The molecular formula is C19H21N3O2. The number of carbonyl (C=O) groups excluding carboxylic acids is 2. The molecule has 0 fully saturated rings. The normalized spacial score (nSPS) is 10.6. The molecule has 0 saturated carbocycles. The van der Waals surface area contributed by atoms with Crippen LogP contribution in [-0.4, -0.2) is 18.0 Å². The van der Waals surface area contributed by atoms with Crippen LogP contribution in [0.4, 0.5) is 5.69 Å². The van der Waals surface area contributed by atoms with Gasteiger partial charge in [0.2, 0.25) is 0 Å². The molecule has 2 rings (SSSR count). The van der Waals surface area contributed by atoms with Gasteiger partial charge in [0, 0.05) is 11.9 Å². The Hall–Kier alpha value is -2.95. The molecule has 2 aromatic carbocycles. The third-order valence-electron chi connectivity index (χ3n) is 3.59. The van der Waals surface area contributed by atoms with Crippen LogP contribution in [0.5, 0.6) is 0 Å². The van der Waals surface area contributed by atoms with E-state index in [1.54, 1.807) is 6.21 Å². The maximum Gasteiger partial charge on any atom is 0.329 e. The number of carbonyl (C=O) groups is 2. The molecule has 0 unspecified atom stereocenters. The fraction of sp³-hybridized carbons (Fsp3) is 0.211. The van der Waals surface area contributed by atoms with Crippen molar-refractivity contribution in [2.45, 2.75) is 26.7 Å². The van der Waals surface area contributed by atoms with Gasteiger partial charge in [0.1, 0.15) is 0 Å². The number of rotatable bonds is 5. The molecule has 0 atom stereocenters. The van der Waals surface area contributed by atoms with Gasteiger partial charge in [-0.05, 0) is 43.4 Å². The first-order chi connectivity index (χ1) is 11.6. The van der Waals surface area contributed by atoms with Crippen molar-refractivity contribution in [2.24, 2.45) is 5.10 Å². The number of nitrogens with zero attached hydrogens (tertiary/aromatic N) is 1. The average molecular weight is 323 g/mol. The summed E-state index contributed by atoms with van der Waals surface area (Å²) in [4.78, 5) is 23.7. The maximum atomic E-state index is 11.9. The number of anilines is 1. The first-order valence-corrected chi connectivity index (χ1v) is 7.81. The van der Waals surface area contributed by atoms with Crippen molar-refractivity contribution >= 4 is 23.7 Å². The monoisotopic (exact) mass is 323 g/mol. The number of hydrogen-bond acceptors (Lipinski definition) is 3. The number of hydrazone groups is 1. The Labute approximate surface area is 141 Å². The molecule has 0 bridgehead atoms. The highest BCUT2D eigenvalue weighted by Gasteiger charge is 2.14. The number of hydrogen-bond donors (Lipinski definition) is 2. The molecule has 2 aromatic rings. The molecule has 0 aromatic heterocycles. The number of para-hydroxylation sites is 1. The second-order valence-corrected chi connectivity index (χ2v) is 5.50. The summed E-state index contributed by atoms with van der Waals surface area (Å²) in [6, 6.07) is 15.6. The summed E-state index contributed by atoms with van der Waals surface area (Å²) in [6.45, 7) is 3.75. The Kier molecular flexibility index (Phi) is 6.25. The quantitative estimate of drug-likeness (QED) is 0.504. The lowest BCUT2D eigenvalue weighted by Crippen LogP contribution is -2.32. The summed E-state index contributed by atoms with van der Waals surface area (Å²) >= 11 is 0. The Bertz CT molecular complexity index is 719. The fourth-order valence-corrected chi connectivity index (χ4v) is 2.28. The minimum absolute atomic E-state index is 0.658. The molecule has 0 spiro atoms. The topological polar surface area (TPSA) is 70.6 Å². The largest absolute Gasteiger partial charge is 0.329 e. The predicted octanol–water partition coefficient (Wildman–Crippen LogP) is 2.98. The summed E-state index contributed by atoms with van der Waals surface area (Å²) in [5.41, 5.74) is 5.91. The van der Waals surface area contributed by atoms with Crippen molar-refractivity contribution in [3.8, 4) is 0 Å². The Morgan fingerprint density at radius 2 is 1.62 bits per heavy atom. The molecule has 5 heteroatoms. The first-order valence-electron chi connectivity index (χ1n) is 7.81. The molecule has 0 aliphatic rings. The molecule has 2 amide bonds. The van der Waals surface area contributed by atoms with E-state index in [0.717, 1.165) is 17.5 Å². The van der Waals surface area contributed by atoms with Crippen molar-refractivity contribution in [3.63, 3.8) is 0 Å². The van der Waals surface area contributed by atoms with E-state index in [1.165, 1.54) is 5.56 Å². The average Bonchev–Trinajstić information content (AvgIpc) is 2.58. The smallest absolute Gasteiger partial charge is 0.317 e. The Morgan fingerprint density at radius 1 is 0.958 bits per heavy atom. The van der Waals surface area contributed by atoms with Gasteiger partial charge < -0.3 is 5.32 Å². The van der Waals surface area contributed by atoms with Crippen molar-refractivity contribution in [2.75, 3.05) is 5.32 Å². The van der Waals surface area contributed by atoms with Gasteiger partial charge in [-0.15, -0.1) is 0 Å². The zero-order chi connectivity index (χ0) is 17.4.